The summed E-state index contributed by atoms with van der Waals surface area (Å²) in [4.78, 5) is 0. The predicted octanol–water partition coefficient (Wildman–Crippen LogP) is 7.52. The Morgan fingerprint density at radius 1 is 1.03 bits per heavy atom. The molecule has 1 N–H and O–H groups in total. The zero-order valence-electron chi connectivity index (χ0n) is 18.1. The van der Waals surface area contributed by atoms with E-state index in [1.807, 2.05) is 12.1 Å². The molecule has 3 aromatic rings. The molecule has 2 aromatic carbocycles. The van der Waals surface area contributed by atoms with Gasteiger partial charge in [-0.1, -0.05) is 56.1 Å². The summed E-state index contributed by atoms with van der Waals surface area (Å²) in [7, 11) is 0. The number of halogens is 3. The molecule has 0 atom stereocenters. The second kappa shape index (κ2) is 8.67. The quantitative estimate of drug-likeness (QED) is 0.404. The molecular weight excluding hydrogens is 405 g/mol. The van der Waals surface area contributed by atoms with E-state index < -0.39 is 11.7 Å². The van der Waals surface area contributed by atoms with E-state index in [-0.39, 0.29) is 10.3 Å². The van der Waals surface area contributed by atoms with Crippen LogP contribution < -0.4 is 4.72 Å². The normalized spacial score (nSPS) is 12.8. The van der Waals surface area contributed by atoms with Crippen molar-refractivity contribution < 1.29 is 13.2 Å². The Bertz CT molecular complexity index is 1010. The predicted molar refractivity (Wildman–Crippen MR) is 121 cm³/mol. The Kier molecular flexibility index (Phi) is 6.58. The number of fused-ring (bicyclic) bond motifs is 1. The molecule has 30 heavy (non-hydrogen) atoms. The Morgan fingerprint density at radius 3 is 2.37 bits per heavy atom. The lowest BCUT2D eigenvalue weighted by atomic mass is 9.98. The lowest BCUT2D eigenvalue weighted by Gasteiger charge is -2.17. The highest BCUT2D eigenvalue weighted by atomic mass is 32.2. The summed E-state index contributed by atoms with van der Waals surface area (Å²) in [6.45, 7) is 12.2. The Morgan fingerprint density at radius 2 is 1.73 bits per heavy atom. The van der Waals surface area contributed by atoms with Crippen molar-refractivity contribution in [3.05, 3.63) is 59.8 Å². The van der Waals surface area contributed by atoms with Gasteiger partial charge in [-0.2, -0.15) is 13.2 Å². The van der Waals surface area contributed by atoms with Gasteiger partial charge < -0.3 is 4.57 Å². The summed E-state index contributed by atoms with van der Waals surface area (Å²) in [5, 5.41) is 1.07. The SMILES string of the molecule is CC(C)Cn1cc(CNSC(C)(C)C)c2ccc(-c3ccccc3C(F)(F)F)cc21. The van der Waals surface area contributed by atoms with Gasteiger partial charge in [0.1, 0.15) is 0 Å². The minimum absolute atomic E-state index is 0.102. The average molecular weight is 435 g/mol. The van der Waals surface area contributed by atoms with Gasteiger partial charge in [0, 0.05) is 34.9 Å². The first-order valence-electron chi connectivity index (χ1n) is 10.1. The zero-order valence-corrected chi connectivity index (χ0v) is 18.9. The van der Waals surface area contributed by atoms with E-state index in [4.69, 9.17) is 0 Å². The minimum Gasteiger partial charge on any atom is -0.347 e. The van der Waals surface area contributed by atoms with E-state index in [9.17, 15) is 13.2 Å². The highest BCUT2D eigenvalue weighted by Gasteiger charge is 2.33. The number of alkyl halides is 3. The number of benzene rings is 2. The van der Waals surface area contributed by atoms with Crippen LogP contribution in [-0.4, -0.2) is 9.31 Å². The molecular formula is C24H29F3N2S. The van der Waals surface area contributed by atoms with E-state index in [0.29, 0.717) is 18.0 Å². The maximum Gasteiger partial charge on any atom is 0.417 e. The lowest BCUT2D eigenvalue weighted by Crippen LogP contribution is -2.16. The summed E-state index contributed by atoms with van der Waals surface area (Å²) >= 11 is 1.68. The van der Waals surface area contributed by atoms with E-state index >= 15 is 0 Å². The van der Waals surface area contributed by atoms with Crippen molar-refractivity contribution in [1.29, 1.82) is 0 Å². The minimum atomic E-state index is -4.38. The number of nitrogens with zero attached hydrogens (tertiary/aromatic N) is 1. The van der Waals surface area contributed by atoms with Gasteiger partial charge in [-0.3, -0.25) is 4.72 Å². The number of aromatic nitrogens is 1. The van der Waals surface area contributed by atoms with Gasteiger partial charge in [0.15, 0.2) is 0 Å². The van der Waals surface area contributed by atoms with E-state index in [0.717, 1.165) is 29.1 Å². The molecule has 0 aliphatic carbocycles. The molecule has 0 saturated carbocycles. The topological polar surface area (TPSA) is 17.0 Å². The molecule has 1 aromatic heterocycles. The van der Waals surface area contributed by atoms with Crippen molar-refractivity contribution in [1.82, 2.24) is 9.29 Å². The van der Waals surface area contributed by atoms with Crippen molar-refractivity contribution in [2.24, 2.45) is 5.92 Å². The van der Waals surface area contributed by atoms with Gasteiger partial charge in [-0.15, -0.1) is 0 Å². The van der Waals surface area contributed by atoms with Crippen LogP contribution in [0.25, 0.3) is 22.0 Å². The molecule has 0 unspecified atom stereocenters. The van der Waals surface area contributed by atoms with Crippen LogP contribution in [0.2, 0.25) is 0 Å². The average Bonchev–Trinajstić information content (AvgIpc) is 2.96. The maximum atomic E-state index is 13.5. The molecule has 0 fully saturated rings. The van der Waals surface area contributed by atoms with Gasteiger partial charge in [-0.05, 0) is 55.5 Å². The Labute approximate surface area is 181 Å². The molecule has 0 amide bonds. The monoisotopic (exact) mass is 434 g/mol. The van der Waals surface area contributed by atoms with Crippen LogP contribution in [-0.2, 0) is 19.3 Å². The van der Waals surface area contributed by atoms with Gasteiger partial charge in [-0.25, -0.2) is 0 Å². The summed E-state index contributed by atoms with van der Waals surface area (Å²) in [6.07, 6.45) is -2.26. The molecule has 0 saturated heterocycles. The molecule has 3 rings (SSSR count). The third-order valence-corrected chi connectivity index (χ3v) is 5.61. The van der Waals surface area contributed by atoms with Crippen molar-refractivity contribution in [2.75, 3.05) is 0 Å². The first-order valence-corrected chi connectivity index (χ1v) is 11.0. The molecule has 0 aliphatic heterocycles. The van der Waals surface area contributed by atoms with Gasteiger partial charge in [0.2, 0.25) is 0 Å². The lowest BCUT2D eigenvalue weighted by molar-refractivity contribution is -0.137. The van der Waals surface area contributed by atoms with Crippen LogP contribution in [0.1, 0.15) is 45.7 Å². The third-order valence-electron chi connectivity index (χ3n) is 4.71. The second-order valence-corrected chi connectivity index (χ2v) is 10.7. The van der Waals surface area contributed by atoms with Crippen LogP contribution in [0.4, 0.5) is 13.2 Å². The summed E-state index contributed by atoms with van der Waals surface area (Å²) in [5.41, 5.74) is 2.32. The van der Waals surface area contributed by atoms with E-state index in [1.54, 1.807) is 30.1 Å². The molecule has 0 aliphatic rings. The summed E-state index contributed by atoms with van der Waals surface area (Å²) in [5.74, 6) is 0.427. The third kappa shape index (κ3) is 5.41. The van der Waals surface area contributed by atoms with Gasteiger partial charge in [0.25, 0.3) is 0 Å². The highest BCUT2D eigenvalue weighted by molar-refractivity contribution is 7.98. The first kappa shape index (κ1) is 22.8. The summed E-state index contributed by atoms with van der Waals surface area (Å²) < 4.78 is 46.3. The Balaban J connectivity index is 2.05. The van der Waals surface area contributed by atoms with Crippen LogP contribution in [0.3, 0.4) is 0 Å². The maximum absolute atomic E-state index is 13.5. The second-order valence-electron chi connectivity index (χ2n) is 9.01. The van der Waals surface area contributed by atoms with Crippen LogP contribution >= 0.6 is 11.9 Å². The smallest absolute Gasteiger partial charge is 0.347 e. The van der Waals surface area contributed by atoms with E-state index in [2.05, 4.69) is 50.1 Å². The highest BCUT2D eigenvalue weighted by Crippen LogP contribution is 2.38. The zero-order chi connectivity index (χ0) is 22.1. The van der Waals surface area contributed by atoms with Crippen LogP contribution in [0, 0.1) is 5.92 Å². The number of hydrogen-bond donors (Lipinski definition) is 1. The Hall–Kier alpha value is -1.92. The summed E-state index contributed by atoms with van der Waals surface area (Å²) in [6, 6.07) is 11.4. The van der Waals surface area contributed by atoms with Gasteiger partial charge >= 0.3 is 6.18 Å². The first-order chi connectivity index (χ1) is 14.0. The molecule has 1 heterocycles. The molecule has 2 nitrogen and oxygen atoms in total. The molecule has 6 heteroatoms. The van der Waals surface area contributed by atoms with Crippen molar-refractivity contribution in [3.63, 3.8) is 0 Å². The van der Waals surface area contributed by atoms with Crippen LogP contribution in [0.5, 0.6) is 0 Å². The van der Waals surface area contributed by atoms with Crippen LogP contribution in [0.15, 0.2) is 48.7 Å². The van der Waals surface area contributed by atoms with Crippen molar-refractivity contribution >= 4 is 22.9 Å². The van der Waals surface area contributed by atoms with Crippen molar-refractivity contribution in [3.8, 4) is 11.1 Å². The molecule has 162 valence electrons. The molecule has 0 radical (unpaired) electrons. The number of nitrogens with one attached hydrogen (secondary N) is 1. The fourth-order valence-electron chi connectivity index (χ4n) is 3.53. The molecule has 0 bridgehead atoms. The largest absolute Gasteiger partial charge is 0.417 e. The van der Waals surface area contributed by atoms with E-state index in [1.165, 1.54) is 6.07 Å². The fraction of sp³-hybridized carbons (Fsp3) is 0.417. The standard InChI is InChI=1S/C24H29F3N2S/c1-16(2)14-29-15-18(13-28-30-23(3,4)5)20-11-10-17(12-22(20)29)19-8-6-7-9-21(19)24(25,26)27/h6-12,15-16,28H,13-14H2,1-5H3. The van der Waals surface area contributed by atoms with Crippen molar-refractivity contribution in [2.45, 2.75) is 58.6 Å². The van der Waals surface area contributed by atoms with Gasteiger partial charge in [0.05, 0.1) is 5.56 Å². The number of rotatable bonds is 6. The molecule has 0 spiro atoms. The fourth-order valence-corrected chi connectivity index (χ4v) is 4.19. The number of hydrogen-bond acceptors (Lipinski definition) is 2.